The first kappa shape index (κ1) is 13.2. The summed E-state index contributed by atoms with van der Waals surface area (Å²) in [4.78, 5) is 0. The Kier molecular flexibility index (Phi) is 4.70. The lowest BCUT2D eigenvalue weighted by Gasteiger charge is -2.30. The summed E-state index contributed by atoms with van der Waals surface area (Å²) in [5.74, 6) is 4.65. The van der Waals surface area contributed by atoms with Crippen LogP contribution >= 0.6 is 0 Å². The van der Waals surface area contributed by atoms with Crippen LogP contribution in [0.2, 0.25) is 0 Å². The predicted octanol–water partition coefficient (Wildman–Crippen LogP) is 5.44. The lowest BCUT2D eigenvalue weighted by atomic mass is 9.75. The molecule has 2 aliphatic rings. The molecule has 17 heavy (non-hydrogen) atoms. The Labute approximate surface area is 108 Å². The summed E-state index contributed by atoms with van der Waals surface area (Å²) >= 11 is 0. The van der Waals surface area contributed by atoms with E-state index in [9.17, 15) is 0 Å². The second-order valence-corrected chi connectivity index (χ2v) is 7.08. The van der Waals surface area contributed by atoms with E-state index in [-0.39, 0.29) is 0 Å². The fourth-order valence-electron chi connectivity index (χ4n) is 3.96. The Bertz CT molecular complexity index is 235. The van der Waals surface area contributed by atoms with Gasteiger partial charge in [-0.25, -0.2) is 0 Å². The van der Waals surface area contributed by atoms with Gasteiger partial charge < -0.3 is 0 Å². The molecule has 0 radical (unpaired) electrons. The maximum atomic E-state index is 2.58. The highest BCUT2D eigenvalue weighted by molar-refractivity contribution is 4.96. The minimum atomic E-state index is 0.882. The highest BCUT2D eigenvalue weighted by atomic mass is 14.3. The summed E-state index contributed by atoms with van der Waals surface area (Å²) in [6, 6.07) is 0. The molecule has 0 aliphatic heterocycles. The summed E-state index contributed by atoms with van der Waals surface area (Å²) in [6.07, 6.45) is 15.2. The third kappa shape index (κ3) is 4.16. The van der Waals surface area contributed by atoms with Gasteiger partial charge in [0.15, 0.2) is 0 Å². The molecule has 0 spiro atoms. The van der Waals surface area contributed by atoms with Gasteiger partial charge >= 0.3 is 0 Å². The standard InChI is InChI=1S/C17H30/c1-13-4-6-16(7-5-13)8-9-17-11-14(2)10-15(3)12-17/h8-9,13-17H,4-7,10-12H2,1-3H3/b9-8+. The van der Waals surface area contributed by atoms with Crippen molar-refractivity contribution in [3.05, 3.63) is 12.2 Å². The van der Waals surface area contributed by atoms with Crippen LogP contribution in [-0.4, -0.2) is 0 Å². The average molecular weight is 234 g/mol. The smallest absolute Gasteiger partial charge is 0.0228 e. The van der Waals surface area contributed by atoms with E-state index in [0.29, 0.717) is 0 Å². The second-order valence-electron chi connectivity index (χ2n) is 7.08. The van der Waals surface area contributed by atoms with E-state index in [1.807, 2.05) is 0 Å². The molecule has 2 saturated carbocycles. The highest BCUT2D eigenvalue weighted by Crippen LogP contribution is 2.35. The maximum Gasteiger partial charge on any atom is -0.0228 e. The fraction of sp³-hybridized carbons (Fsp3) is 0.882. The number of allylic oxidation sites excluding steroid dienone is 2. The van der Waals surface area contributed by atoms with Gasteiger partial charge in [-0.1, -0.05) is 45.8 Å². The van der Waals surface area contributed by atoms with E-state index in [4.69, 9.17) is 0 Å². The van der Waals surface area contributed by atoms with Crippen molar-refractivity contribution < 1.29 is 0 Å². The second kappa shape index (κ2) is 6.07. The zero-order valence-corrected chi connectivity index (χ0v) is 12.0. The van der Waals surface area contributed by atoms with Crippen molar-refractivity contribution in [1.82, 2.24) is 0 Å². The highest BCUT2D eigenvalue weighted by Gasteiger charge is 2.22. The molecule has 2 aliphatic carbocycles. The molecule has 0 saturated heterocycles. The van der Waals surface area contributed by atoms with E-state index in [2.05, 4.69) is 32.9 Å². The van der Waals surface area contributed by atoms with Crippen LogP contribution in [-0.2, 0) is 0 Å². The van der Waals surface area contributed by atoms with Crippen LogP contribution in [0.1, 0.15) is 65.7 Å². The summed E-state index contributed by atoms with van der Waals surface area (Å²) in [5.41, 5.74) is 0. The lowest BCUT2D eigenvalue weighted by Crippen LogP contribution is -2.18. The molecule has 2 unspecified atom stereocenters. The molecule has 2 atom stereocenters. The molecule has 0 bridgehead atoms. The quantitative estimate of drug-likeness (QED) is 0.558. The van der Waals surface area contributed by atoms with Gasteiger partial charge in [0.2, 0.25) is 0 Å². The minimum absolute atomic E-state index is 0.882. The fourth-order valence-corrected chi connectivity index (χ4v) is 3.96. The SMILES string of the molecule is CC1CCC(/C=C/C2CC(C)CC(C)C2)CC1. The molecule has 2 rings (SSSR count). The Morgan fingerprint density at radius 1 is 0.588 bits per heavy atom. The number of hydrogen-bond acceptors (Lipinski definition) is 0. The largest absolute Gasteiger partial charge is 0.0851 e. The molecule has 0 nitrogen and oxygen atoms in total. The molecule has 0 aromatic rings. The molecule has 0 heterocycles. The van der Waals surface area contributed by atoms with Crippen molar-refractivity contribution in [3.63, 3.8) is 0 Å². The third-order valence-corrected chi connectivity index (χ3v) is 4.93. The van der Waals surface area contributed by atoms with Crippen molar-refractivity contribution in [2.24, 2.45) is 29.6 Å². The maximum absolute atomic E-state index is 2.58. The van der Waals surface area contributed by atoms with Gasteiger partial charge in [-0.15, -0.1) is 0 Å². The van der Waals surface area contributed by atoms with Crippen molar-refractivity contribution in [1.29, 1.82) is 0 Å². The average Bonchev–Trinajstić information content (AvgIpc) is 2.27. The van der Waals surface area contributed by atoms with E-state index in [0.717, 1.165) is 29.6 Å². The van der Waals surface area contributed by atoms with E-state index in [1.165, 1.54) is 44.9 Å². The van der Waals surface area contributed by atoms with Crippen LogP contribution < -0.4 is 0 Å². The van der Waals surface area contributed by atoms with Crippen molar-refractivity contribution in [3.8, 4) is 0 Å². The molecular weight excluding hydrogens is 204 g/mol. The molecular formula is C17H30. The predicted molar refractivity (Wildman–Crippen MR) is 75.9 cm³/mol. The third-order valence-electron chi connectivity index (χ3n) is 4.93. The Balaban J connectivity index is 1.79. The first-order valence-electron chi connectivity index (χ1n) is 7.81. The van der Waals surface area contributed by atoms with Crippen molar-refractivity contribution in [2.45, 2.75) is 65.7 Å². The summed E-state index contributed by atoms with van der Waals surface area (Å²) in [6.45, 7) is 7.27. The zero-order valence-electron chi connectivity index (χ0n) is 12.0. The van der Waals surface area contributed by atoms with Gasteiger partial charge in [0.25, 0.3) is 0 Å². The first-order valence-corrected chi connectivity index (χ1v) is 7.81. The van der Waals surface area contributed by atoms with Crippen molar-refractivity contribution >= 4 is 0 Å². The van der Waals surface area contributed by atoms with Gasteiger partial charge in [0, 0.05) is 0 Å². The Hall–Kier alpha value is -0.260. The summed E-state index contributed by atoms with van der Waals surface area (Å²) < 4.78 is 0. The molecule has 0 heteroatoms. The summed E-state index contributed by atoms with van der Waals surface area (Å²) in [7, 11) is 0. The van der Waals surface area contributed by atoms with Gasteiger partial charge in [0.05, 0.1) is 0 Å². The molecule has 0 N–H and O–H groups in total. The zero-order chi connectivity index (χ0) is 12.3. The first-order chi connectivity index (χ1) is 8.13. The van der Waals surface area contributed by atoms with Gasteiger partial charge in [-0.3, -0.25) is 0 Å². The van der Waals surface area contributed by atoms with Crippen LogP contribution in [0.25, 0.3) is 0 Å². The molecule has 0 amide bonds. The summed E-state index contributed by atoms with van der Waals surface area (Å²) in [5, 5.41) is 0. The van der Waals surface area contributed by atoms with Crippen LogP contribution in [0.15, 0.2) is 12.2 Å². The van der Waals surface area contributed by atoms with Crippen LogP contribution in [0.4, 0.5) is 0 Å². The van der Waals surface area contributed by atoms with E-state index >= 15 is 0 Å². The topological polar surface area (TPSA) is 0 Å². The van der Waals surface area contributed by atoms with Gasteiger partial charge in [-0.2, -0.15) is 0 Å². The van der Waals surface area contributed by atoms with Crippen LogP contribution in [0.3, 0.4) is 0 Å². The lowest BCUT2D eigenvalue weighted by molar-refractivity contribution is 0.250. The molecule has 98 valence electrons. The van der Waals surface area contributed by atoms with Crippen LogP contribution in [0.5, 0.6) is 0 Å². The minimum Gasteiger partial charge on any atom is -0.0851 e. The normalized spacial score (nSPS) is 44.1. The van der Waals surface area contributed by atoms with E-state index < -0.39 is 0 Å². The Morgan fingerprint density at radius 2 is 1.12 bits per heavy atom. The molecule has 0 aromatic carbocycles. The monoisotopic (exact) mass is 234 g/mol. The van der Waals surface area contributed by atoms with Crippen molar-refractivity contribution in [2.75, 3.05) is 0 Å². The van der Waals surface area contributed by atoms with Gasteiger partial charge in [0.1, 0.15) is 0 Å². The molecule has 2 fully saturated rings. The van der Waals surface area contributed by atoms with Gasteiger partial charge in [-0.05, 0) is 61.7 Å². The number of hydrogen-bond donors (Lipinski definition) is 0. The molecule has 0 aromatic heterocycles. The van der Waals surface area contributed by atoms with Crippen LogP contribution in [0, 0.1) is 29.6 Å². The van der Waals surface area contributed by atoms with E-state index in [1.54, 1.807) is 0 Å². The number of rotatable bonds is 2. The Morgan fingerprint density at radius 3 is 1.71 bits per heavy atom.